The average molecular weight is 315 g/mol. The van der Waals surface area contributed by atoms with Gasteiger partial charge in [0.15, 0.2) is 0 Å². The van der Waals surface area contributed by atoms with Crippen molar-refractivity contribution in [3.8, 4) is 0 Å². The molecule has 2 N–H and O–H groups in total. The van der Waals surface area contributed by atoms with Gasteiger partial charge in [0.05, 0.1) is 0 Å². The fourth-order valence-corrected chi connectivity index (χ4v) is 2.99. The Kier molecular flexibility index (Phi) is 6.49. The summed E-state index contributed by atoms with van der Waals surface area (Å²) < 4.78 is 0. The Morgan fingerprint density at radius 2 is 1.86 bits per heavy atom. The molecule has 2 rings (SSSR count). The molecule has 2 aromatic carbocycles. The number of thioether (sulfide) groups is 1. The Bertz CT molecular complexity index is 601. The molecule has 0 bridgehead atoms. The molecule has 22 heavy (non-hydrogen) atoms. The molecule has 2 aromatic rings. The van der Waals surface area contributed by atoms with Gasteiger partial charge < -0.3 is 10.4 Å². The minimum atomic E-state index is -0.817. The van der Waals surface area contributed by atoms with E-state index in [-0.39, 0.29) is 0 Å². The molecule has 4 heteroatoms. The van der Waals surface area contributed by atoms with E-state index < -0.39 is 12.0 Å². The van der Waals surface area contributed by atoms with Gasteiger partial charge >= 0.3 is 5.97 Å². The summed E-state index contributed by atoms with van der Waals surface area (Å²) in [5.41, 5.74) is 2.13. The van der Waals surface area contributed by atoms with E-state index in [0.717, 1.165) is 16.9 Å². The van der Waals surface area contributed by atoms with Crippen molar-refractivity contribution in [1.82, 2.24) is 5.32 Å². The van der Waals surface area contributed by atoms with Crippen LogP contribution >= 0.6 is 11.8 Å². The highest BCUT2D eigenvalue weighted by Crippen LogP contribution is 2.18. The van der Waals surface area contributed by atoms with Crippen LogP contribution in [0, 0.1) is 0 Å². The molecule has 0 aliphatic rings. The normalized spacial score (nSPS) is 12.0. The van der Waals surface area contributed by atoms with Crippen molar-refractivity contribution in [3.05, 3.63) is 65.7 Å². The maximum Gasteiger partial charge on any atom is 0.321 e. The van der Waals surface area contributed by atoms with Crippen LogP contribution in [-0.2, 0) is 17.8 Å². The molecule has 1 atom stereocenters. The van der Waals surface area contributed by atoms with Crippen LogP contribution in [0.5, 0.6) is 0 Å². The smallest absolute Gasteiger partial charge is 0.321 e. The van der Waals surface area contributed by atoms with Crippen molar-refractivity contribution in [2.45, 2.75) is 30.8 Å². The number of hydrogen-bond donors (Lipinski definition) is 2. The molecule has 0 heterocycles. The van der Waals surface area contributed by atoms with Crippen LogP contribution in [0.1, 0.15) is 18.1 Å². The maximum atomic E-state index is 11.4. The summed E-state index contributed by atoms with van der Waals surface area (Å²) in [6.45, 7) is 2.68. The molecule has 116 valence electrons. The molecular weight excluding hydrogens is 294 g/mol. The topological polar surface area (TPSA) is 49.3 Å². The zero-order valence-corrected chi connectivity index (χ0v) is 13.5. The summed E-state index contributed by atoms with van der Waals surface area (Å²) in [6, 6.07) is 17.4. The Hall–Kier alpha value is -1.78. The molecule has 0 aliphatic carbocycles. The summed E-state index contributed by atoms with van der Waals surface area (Å²) in [5.74, 6) is 0.214. The first-order valence-corrected chi connectivity index (χ1v) is 8.39. The van der Waals surface area contributed by atoms with Crippen molar-refractivity contribution < 1.29 is 9.90 Å². The van der Waals surface area contributed by atoms with E-state index in [9.17, 15) is 9.90 Å². The van der Waals surface area contributed by atoms with Crippen molar-refractivity contribution >= 4 is 17.7 Å². The zero-order chi connectivity index (χ0) is 15.8. The number of benzene rings is 2. The highest BCUT2D eigenvalue weighted by atomic mass is 32.2. The number of carbonyl (C=O) groups is 1. The van der Waals surface area contributed by atoms with E-state index >= 15 is 0 Å². The fraction of sp³-hybridized carbons (Fsp3) is 0.278. The molecule has 0 fully saturated rings. The number of hydrogen-bond acceptors (Lipinski definition) is 3. The van der Waals surface area contributed by atoms with Crippen molar-refractivity contribution in [2.24, 2.45) is 0 Å². The van der Waals surface area contributed by atoms with Gasteiger partial charge in [0, 0.05) is 11.4 Å². The first-order valence-electron chi connectivity index (χ1n) is 7.41. The van der Waals surface area contributed by atoms with E-state index in [1.807, 2.05) is 42.5 Å². The summed E-state index contributed by atoms with van der Waals surface area (Å²) in [5, 5.41) is 12.5. The SMILES string of the molecule is CCSc1cccc(CN[C@@H](Cc2ccccc2)C(=O)O)c1. The Labute approximate surface area is 135 Å². The maximum absolute atomic E-state index is 11.4. The summed E-state index contributed by atoms with van der Waals surface area (Å²) in [7, 11) is 0. The van der Waals surface area contributed by atoms with Gasteiger partial charge in [0.25, 0.3) is 0 Å². The quantitative estimate of drug-likeness (QED) is 0.731. The summed E-state index contributed by atoms with van der Waals surface area (Å²) in [4.78, 5) is 12.6. The third kappa shape index (κ3) is 5.20. The highest BCUT2D eigenvalue weighted by molar-refractivity contribution is 7.99. The van der Waals surface area contributed by atoms with E-state index in [2.05, 4.69) is 24.4 Å². The second-order valence-corrected chi connectivity index (χ2v) is 6.38. The molecule has 0 saturated heterocycles. The van der Waals surface area contributed by atoms with Crippen molar-refractivity contribution in [2.75, 3.05) is 5.75 Å². The molecule has 0 amide bonds. The first kappa shape index (κ1) is 16.6. The van der Waals surface area contributed by atoms with Gasteiger partial charge in [-0.15, -0.1) is 11.8 Å². The van der Waals surface area contributed by atoms with Crippen LogP contribution in [0.25, 0.3) is 0 Å². The second-order valence-electron chi connectivity index (χ2n) is 5.04. The van der Waals surface area contributed by atoms with E-state index in [0.29, 0.717) is 13.0 Å². The number of nitrogens with one attached hydrogen (secondary N) is 1. The van der Waals surface area contributed by atoms with E-state index in [1.54, 1.807) is 11.8 Å². The van der Waals surface area contributed by atoms with Gasteiger partial charge in [0.2, 0.25) is 0 Å². The van der Waals surface area contributed by atoms with Gasteiger partial charge in [-0.2, -0.15) is 0 Å². The van der Waals surface area contributed by atoms with Crippen molar-refractivity contribution in [1.29, 1.82) is 0 Å². The highest BCUT2D eigenvalue weighted by Gasteiger charge is 2.17. The average Bonchev–Trinajstić information content (AvgIpc) is 2.53. The lowest BCUT2D eigenvalue weighted by Crippen LogP contribution is -2.38. The molecule has 0 aromatic heterocycles. The van der Waals surface area contributed by atoms with Crippen LogP contribution in [-0.4, -0.2) is 22.9 Å². The number of carboxylic acid groups (broad SMARTS) is 1. The van der Waals surface area contributed by atoms with Crippen LogP contribution in [0.3, 0.4) is 0 Å². The summed E-state index contributed by atoms with van der Waals surface area (Å²) >= 11 is 1.79. The molecule has 0 saturated carbocycles. The monoisotopic (exact) mass is 315 g/mol. The lowest BCUT2D eigenvalue weighted by atomic mass is 10.1. The fourth-order valence-electron chi connectivity index (χ4n) is 2.25. The standard InChI is InChI=1S/C18H21NO2S/c1-2-22-16-10-6-9-15(11-16)13-19-17(18(20)21)12-14-7-4-3-5-8-14/h3-11,17,19H,2,12-13H2,1H3,(H,20,21)/t17-/m0/s1. The predicted molar refractivity (Wildman–Crippen MR) is 91.2 cm³/mol. The number of aliphatic carboxylic acids is 1. The zero-order valence-electron chi connectivity index (χ0n) is 12.7. The Morgan fingerprint density at radius 1 is 1.14 bits per heavy atom. The summed E-state index contributed by atoms with van der Waals surface area (Å²) in [6.07, 6.45) is 0.486. The number of rotatable bonds is 8. The van der Waals surface area contributed by atoms with Gasteiger partial charge in [-0.1, -0.05) is 49.4 Å². The lowest BCUT2D eigenvalue weighted by Gasteiger charge is -2.15. The van der Waals surface area contributed by atoms with Gasteiger partial charge in [0.1, 0.15) is 6.04 Å². The third-order valence-corrected chi connectivity index (χ3v) is 4.22. The van der Waals surface area contributed by atoms with E-state index in [1.165, 1.54) is 4.90 Å². The minimum Gasteiger partial charge on any atom is -0.480 e. The largest absolute Gasteiger partial charge is 0.480 e. The molecule has 0 radical (unpaired) electrons. The molecule has 3 nitrogen and oxygen atoms in total. The molecular formula is C18H21NO2S. The Balaban J connectivity index is 1.97. The van der Waals surface area contributed by atoms with Crippen LogP contribution in [0.2, 0.25) is 0 Å². The van der Waals surface area contributed by atoms with Crippen LogP contribution in [0.4, 0.5) is 0 Å². The second kappa shape index (κ2) is 8.61. The van der Waals surface area contributed by atoms with Gasteiger partial charge in [-0.05, 0) is 35.4 Å². The van der Waals surface area contributed by atoms with Gasteiger partial charge in [-0.3, -0.25) is 4.79 Å². The number of carboxylic acids is 1. The molecule has 0 aliphatic heterocycles. The van der Waals surface area contributed by atoms with Crippen molar-refractivity contribution in [3.63, 3.8) is 0 Å². The minimum absolute atomic E-state index is 0.486. The van der Waals surface area contributed by atoms with Gasteiger partial charge in [-0.25, -0.2) is 0 Å². The third-order valence-electron chi connectivity index (χ3n) is 3.34. The van der Waals surface area contributed by atoms with Crippen LogP contribution < -0.4 is 5.32 Å². The molecule has 0 unspecified atom stereocenters. The van der Waals surface area contributed by atoms with Crippen LogP contribution in [0.15, 0.2) is 59.5 Å². The Morgan fingerprint density at radius 3 is 2.55 bits per heavy atom. The first-order chi connectivity index (χ1) is 10.7. The predicted octanol–water partition coefficient (Wildman–Crippen LogP) is 3.58. The molecule has 0 spiro atoms. The van der Waals surface area contributed by atoms with E-state index in [4.69, 9.17) is 0 Å². The lowest BCUT2D eigenvalue weighted by molar-refractivity contribution is -0.139.